The number of aromatic nitrogens is 5. The summed E-state index contributed by atoms with van der Waals surface area (Å²) in [6, 6.07) is 17.7. The smallest absolute Gasteiger partial charge is 0.277 e. The molecule has 0 fully saturated rings. The Morgan fingerprint density at radius 3 is 2.73 bits per heavy atom. The fraction of sp³-hybridized carbons (Fsp3) is 0.143. The largest absolute Gasteiger partial charge is 0.410 e. The van der Waals surface area contributed by atoms with Gasteiger partial charge in [-0.25, -0.2) is 4.98 Å². The van der Waals surface area contributed by atoms with E-state index in [1.807, 2.05) is 54.6 Å². The molecule has 2 aromatic carbocycles. The molecule has 8 nitrogen and oxygen atoms in total. The van der Waals surface area contributed by atoms with Crippen molar-refractivity contribution < 1.29 is 9.21 Å². The van der Waals surface area contributed by atoms with Crippen molar-refractivity contribution in [3.05, 3.63) is 60.4 Å². The standard InChI is InChI=1S/C21H18N6O2S/c28-19(22-10-9-18-24-15-7-3-4-8-16(15)25-18)12-30-21-27-26-20(29-21)17-11-13-5-1-2-6-14(13)23-17/h1-8,11,23H,9-10,12H2,(H,22,28)(H,24,25). The van der Waals surface area contributed by atoms with Gasteiger partial charge in [-0.15, -0.1) is 10.2 Å². The number of rotatable bonds is 7. The third-order valence-electron chi connectivity index (χ3n) is 4.62. The lowest BCUT2D eigenvalue weighted by atomic mass is 10.2. The Balaban J connectivity index is 1.12. The first-order valence-electron chi connectivity index (χ1n) is 9.49. The van der Waals surface area contributed by atoms with Crippen LogP contribution in [0, 0.1) is 0 Å². The van der Waals surface area contributed by atoms with Crippen LogP contribution < -0.4 is 5.32 Å². The van der Waals surface area contributed by atoms with E-state index < -0.39 is 0 Å². The van der Waals surface area contributed by atoms with Crippen molar-refractivity contribution in [2.75, 3.05) is 12.3 Å². The van der Waals surface area contributed by atoms with Crippen LogP contribution in [0.5, 0.6) is 0 Å². The zero-order valence-electron chi connectivity index (χ0n) is 15.9. The fourth-order valence-corrected chi connectivity index (χ4v) is 3.78. The molecule has 0 aliphatic carbocycles. The van der Waals surface area contributed by atoms with Crippen molar-refractivity contribution in [2.24, 2.45) is 0 Å². The van der Waals surface area contributed by atoms with Crippen LogP contribution in [0.3, 0.4) is 0 Å². The maximum atomic E-state index is 12.1. The molecule has 0 radical (unpaired) electrons. The normalized spacial score (nSPS) is 11.3. The second kappa shape index (κ2) is 8.03. The maximum absolute atomic E-state index is 12.1. The van der Waals surface area contributed by atoms with Gasteiger partial charge in [0, 0.05) is 23.9 Å². The van der Waals surface area contributed by atoms with E-state index in [1.54, 1.807) is 0 Å². The van der Waals surface area contributed by atoms with Crippen LogP contribution in [0.15, 0.2) is 64.2 Å². The molecule has 30 heavy (non-hydrogen) atoms. The van der Waals surface area contributed by atoms with Crippen LogP contribution in [-0.4, -0.2) is 43.4 Å². The monoisotopic (exact) mass is 418 g/mol. The number of nitrogens with one attached hydrogen (secondary N) is 3. The van der Waals surface area contributed by atoms with Gasteiger partial charge in [0.2, 0.25) is 5.91 Å². The fourth-order valence-electron chi connectivity index (χ4n) is 3.19. The van der Waals surface area contributed by atoms with Gasteiger partial charge in [-0.05, 0) is 24.3 Å². The molecule has 3 N–H and O–H groups in total. The van der Waals surface area contributed by atoms with Crippen LogP contribution in [0.4, 0.5) is 0 Å². The van der Waals surface area contributed by atoms with E-state index in [2.05, 4.69) is 30.5 Å². The Kier molecular flexibility index (Phi) is 4.94. The summed E-state index contributed by atoms with van der Waals surface area (Å²) in [5, 5.41) is 12.4. The minimum atomic E-state index is -0.0959. The van der Waals surface area contributed by atoms with Gasteiger partial charge < -0.3 is 19.7 Å². The third-order valence-corrected chi connectivity index (χ3v) is 5.43. The minimum Gasteiger partial charge on any atom is -0.410 e. The Morgan fingerprint density at radius 2 is 1.87 bits per heavy atom. The van der Waals surface area contributed by atoms with E-state index in [0.717, 1.165) is 33.5 Å². The van der Waals surface area contributed by atoms with Crippen molar-refractivity contribution in [2.45, 2.75) is 11.6 Å². The summed E-state index contributed by atoms with van der Waals surface area (Å²) in [6.45, 7) is 0.503. The molecule has 0 atom stereocenters. The van der Waals surface area contributed by atoms with Gasteiger partial charge in [-0.1, -0.05) is 42.1 Å². The Labute approximate surface area is 175 Å². The summed E-state index contributed by atoms with van der Waals surface area (Å²) in [5.41, 5.74) is 3.68. The van der Waals surface area contributed by atoms with Crippen molar-refractivity contribution in [3.63, 3.8) is 0 Å². The molecule has 5 rings (SSSR count). The molecular weight excluding hydrogens is 400 g/mol. The quantitative estimate of drug-likeness (QED) is 0.349. The first-order valence-corrected chi connectivity index (χ1v) is 10.5. The number of benzene rings is 2. The lowest BCUT2D eigenvalue weighted by Crippen LogP contribution is -2.27. The molecule has 3 heterocycles. The van der Waals surface area contributed by atoms with Gasteiger partial charge in [0.1, 0.15) is 11.5 Å². The topological polar surface area (TPSA) is 112 Å². The van der Waals surface area contributed by atoms with Gasteiger partial charge >= 0.3 is 0 Å². The number of imidazole rings is 1. The van der Waals surface area contributed by atoms with Crippen LogP contribution in [0.25, 0.3) is 33.5 Å². The highest BCUT2D eigenvalue weighted by atomic mass is 32.2. The highest BCUT2D eigenvalue weighted by Gasteiger charge is 2.13. The molecule has 0 bridgehead atoms. The molecule has 0 saturated heterocycles. The van der Waals surface area contributed by atoms with E-state index in [1.165, 1.54) is 11.8 Å². The molecular formula is C21H18N6O2S. The molecule has 3 aromatic heterocycles. The molecule has 0 unspecified atom stereocenters. The molecule has 150 valence electrons. The first kappa shape index (κ1) is 18.4. The molecule has 0 aliphatic heterocycles. The number of hydrogen-bond acceptors (Lipinski definition) is 6. The van der Waals surface area contributed by atoms with Crippen molar-refractivity contribution in [3.8, 4) is 11.6 Å². The first-order chi connectivity index (χ1) is 14.7. The molecule has 9 heteroatoms. The van der Waals surface area contributed by atoms with E-state index in [4.69, 9.17) is 4.42 Å². The molecule has 1 amide bonds. The number of amides is 1. The molecule has 0 spiro atoms. The van der Waals surface area contributed by atoms with Gasteiger partial charge in [0.05, 0.1) is 16.8 Å². The molecule has 0 saturated carbocycles. The van der Waals surface area contributed by atoms with Gasteiger partial charge in [0.25, 0.3) is 11.1 Å². The summed E-state index contributed by atoms with van der Waals surface area (Å²) in [6.07, 6.45) is 0.635. The van der Waals surface area contributed by atoms with Gasteiger partial charge in [0.15, 0.2) is 0 Å². The summed E-state index contributed by atoms with van der Waals surface area (Å²) >= 11 is 1.21. The average Bonchev–Trinajstić information content (AvgIpc) is 3.48. The lowest BCUT2D eigenvalue weighted by molar-refractivity contribution is -0.118. The number of hydrogen-bond donors (Lipinski definition) is 3. The van der Waals surface area contributed by atoms with Crippen LogP contribution in [0.1, 0.15) is 5.82 Å². The van der Waals surface area contributed by atoms with Crippen molar-refractivity contribution >= 4 is 39.6 Å². The average molecular weight is 418 g/mol. The summed E-state index contributed by atoms with van der Waals surface area (Å²) in [4.78, 5) is 23.1. The Hall–Kier alpha value is -3.59. The number of para-hydroxylation sites is 3. The van der Waals surface area contributed by atoms with Gasteiger partial charge in [-0.3, -0.25) is 4.79 Å². The summed E-state index contributed by atoms with van der Waals surface area (Å²) < 4.78 is 5.67. The molecule has 0 aliphatic rings. The number of H-pyrrole nitrogens is 2. The van der Waals surface area contributed by atoms with Crippen molar-refractivity contribution in [1.29, 1.82) is 0 Å². The lowest BCUT2D eigenvalue weighted by Gasteiger charge is -2.02. The van der Waals surface area contributed by atoms with E-state index >= 15 is 0 Å². The van der Waals surface area contributed by atoms with Crippen molar-refractivity contribution in [1.82, 2.24) is 30.5 Å². The maximum Gasteiger partial charge on any atom is 0.277 e. The van der Waals surface area contributed by atoms with Crippen LogP contribution in [-0.2, 0) is 11.2 Å². The second-order valence-electron chi connectivity index (χ2n) is 6.73. The molecule has 5 aromatic rings. The van der Waals surface area contributed by atoms with E-state index in [9.17, 15) is 4.79 Å². The summed E-state index contributed by atoms with van der Waals surface area (Å²) in [5.74, 6) is 1.36. The number of carbonyl (C=O) groups excluding carboxylic acids is 1. The predicted octanol–water partition coefficient (Wildman–Crippen LogP) is 3.55. The number of fused-ring (bicyclic) bond motifs is 2. The van der Waals surface area contributed by atoms with Gasteiger partial charge in [-0.2, -0.15) is 0 Å². The minimum absolute atomic E-state index is 0.0959. The van der Waals surface area contributed by atoms with E-state index in [0.29, 0.717) is 24.1 Å². The number of carbonyl (C=O) groups is 1. The van der Waals surface area contributed by atoms with Crippen LogP contribution in [0.2, 0.25) is 0 Å². The number of aromatic amines is 2. The summed E-state index contributed by atoms with van der Waals surface area (Å²) in [7, 11) is 0. The zero-order chi connectivity index (χ0) is 20.3. The van der Waals surface area contributed by atoms with E-state index in [-0.39, 0.29) is 11.7 Å². The highest BCUT2D eigenvalue weighted by molar-refractivity contribution is 7.99. The Bertz CT molecular complexity index is 1260. The predicted molar refractivity (Wildman–Crippen MR) is 115 cm³/mol. The Morgan fingerprint density at radius 1 is 1.03 bits per heavy atom. The number of nitrogens with zero attached hydrogens (tertiary/aromatic N) is 3. The second-order valence-corrected chi connectivity index (χ2v) is 7.66. The number of thioether (sulfide) groups is 1. The third kappa shape index (κ3) is 3.92. The van der Waals surface area contributed by atoms with Crippen LogP contribution >= 0.6 is 11.8 Å². The highest BCUT2D eigenvalue weighted by Crippen LogP contribution is 2.25. The zero-order valence-corrected chi connectivity index (χ0v) is 16.7. The SMILES string of the molecule is O=C(CSc1nnc(-c2cc3ccccc3[nH]2)o1)NCCc1nc2ccccc2[nH]1.